The Kier molecular flexibility index (Phi) is 5.49. The van der Waals surface area contributed by atoms with Crippen LogP contribution in [-0.2, 0) is 0 Å². The summed E-state index contributed by atoms with van der Waals surface area (Å²) >= 11 is 8.77. The maximum Gasteiger partial charge on any atom is 0.0584 e. The summed E-state index contributed by atoms with van der Waals surface area (Å²) in [6, 6.07) is 0. The van der Waals surface area contributed by atoms with Crippen LogP contribution in [0.4, 0.5) is 0 Å². The summed E-state index contributed by atoms with van der Waals surface area (Å²) in [6.45, 7) is 2.11. The van der Waals surface area contributed by atoms with E-state index in [2.05, 4.69) is 18.6 Å². The fourth-order valence-electron chi connectivity index (χ4n) is 0.250. The highest BCUT2D eigenvalue weighted by Crippen LogP contribution is 2.12. The molecule has 0 aliphatic carbocycles. The molecule has 0 saturated carbocycles. The standard InChI is InChI=1S/C4H8S3/c1-2-3-4(5)7-6/h6H,2-3H2,1H3. The first kappa shape index (κ1) is 7.79. The van der Waals surface area contributed by atoms with Gasteiger partial charge in [0, 0.05) is 0 Å². The second-order valence-corrected chi connectivity index (χ2v) is 3.19. The zero-order valence-corrected chi connectivity index (χ0v) is 6.71. The average molecular weight is 152 g/mol. The minimum absolute atomic E-state index is 0.992. The molecule has 0 atom stereocenters. The molecule has 0 aliphatic heterocycles. The van der Waals surface area contributed by atoms with E-state index in [1.54, 1.807) is 0 Å². The molecule has 0 rings (SSSR count). The zero-order valence-electron chi connectivity index (χ0n) is 4.18. The molecule has 7 heavy (non-hydrogen) atoms. The highest BCUT2D eigenvalue weighted by atomic mass is 33.1. The van der Waals surface area contributed by atoms with Crippen molar-refractivity contribution >= 4 is 38.9 Å². The third-order valence-corrected chi connectivity index (χ3v) is 2.45. The van der Waals surface area contributed by atoms with E-state index < -0.39 is 0 Å². The van der Waals surface area contributed by atoms with E-state index >= 15 is 0 Å². The Morgan fingerprint density at radius 2 is 2.43 bits per heavy atom. The largest absolute Gasteiger partial charge is 0.106 e. The molecule has 0 unspecified atom stereocenters. The van der Waals surface area contributed by atoms with Crippen LogP contribution in [0.2, 0.25) is 0 Å². The monoisotopic (exact) mass is 152 g/mol. The Morgan fingerprint density at radius 3 is 2.57 bits per heavy atom. The van der Waals surface area contributed by atoms with Gasteiger partial charge in [-0.2, -0.15) is 0 Å². The Morgan fingerprint density at radius 1 is 1.86 bits per heavy atom. The summed E-state index contributed by atoms with van der Waals surface area (Å²) in [5.41, 5.74) is 0. The van der Waals surface area contributed by atoms with E-state index in [0.717, 1.165) is 17.0 Å². The van der Waals surface area contributed by atoms with Crippen molar-refractivity contribution in [2.75, 3.05) is 0 Å². The second-order valence-electron chi connectivity index (χ2n) is 1.21. The molecule has 0 radical (unpaired) electrons. The Hall–Kier alpha value is 0.790. The molecule has 0 spiro atoms. The van der Waals surface area contributed by atoms with Gasteiger partial charge in [-0.1, -0.05) is 36.4 Å². The normalized spacial score (nSPS) is 8.86. The number of rotatable bonds is 2. The van der Waals surface area contributed by atoms with Crippen molar-refractivity contribution in [3.05, 3.63) is 0 Å². The molecule has 0 fully saturated rings. The minimum Gasteiger partial charge on any atom is -0.106 e. The van der Waals surface area contributed by atoms with E-state index in [-0.39, 0.29) is 0 Å². The van der Waals surface area contributed by atoms with Gasteiger partial charge in [-0.3, -0.25) is 0 Å². The molecule has 0 aliphatic rings. The van der Waals surface area contributed by atoms with E-state index in [9.17, 15) is 0 Å². The van der Waals surface area contributed by atoms with Crippen LogP contribution in [0.3, 0.4) is 0 Å². The molecule has 0 nitrogen and oxygen atoms in total. The SMILES string of the molecule is CCCC(=S)SS. The van der Waals surface area contributed by atoms with Crippen molar-refractivity contribution in [3.63, 3.8) is 0 Å². The maximum absolute atomic E-state index is 4.84. The number of thiocarbonyl (C=S) groups is 1. The number of hydrogen-bond acceptors (Lipinski definition) is 3. The van der Waals surface area contributed by atoms with Gasteiger partial charge in [0.15, 0.2) is 0 Å². The van der Waals surface area contributed by atoms with Gasteiger partial charge < -0.3 is 0 Å². The molecule has 0 saturated heterocycles. The third kappa shape index (κ3) is 4.65. The van der Waals surface area contributed by atoms with Crippen molar-refractivity contribution in [1.29, 1.82) is 0 Å². The fourth-order valence-corrected chi connectivity index (χ4v) is 1.02. The smallest absolute Gasteiger partial charge is 0.0584 e. The molecule has 0 aromatic heterocycles. The van der Waals surface area contributed by atoms with E-state index in [1.807, 2.05) is 0 Å². The van der Waals surface area contributed by atoms with E-state index in [0.29, 0.717) is 0 Å². The summed E-state index contributed by atoms with van der Waals surface area (Å²) in [5.74, 6) is 0. The first-order valence-corrected chi connectivity index (χ1v) is 4.43. The lowest BCUT2D eigenvalue weighted by atomic mass is 10.4. The van der Waals surface area contributed by atoms with Crippen LogP contribution in [0, 0.1) is 0 Å². The molecule has 0 N–H and O–H groups in total. The molecule has 0 aromatic rings. The highest BCUT2D eigenvalue weighted by Gasteiger charge is 1.88. The minimum atomic E-state index is 0.992. The van der Waals surface area contributed by atoms with Gasteiger partial charge in [-0.05, 0) is 6.42 Å². The summed E-state index contributed by atoms with van der Waals surface area (Å²) in [7, 11) is 1.38. The van der Waals surface area contributed by atoms with E-state index in [4.69, 9.17) is 12.2 Å². The van der Waals surface area contributed by atoms with Gasteiger partial charge in [0.2, 0.25) is 0 Å². The molecular weight excluding hydrogens is 144 g/mol. The molecule has 42 valence electrons. The topological polar surface area (TPSA) is 0 Å². The van der Waals surface area contributed by atoms with Crippen molar-refractivity contribution in [2.24, 2.45) is 0 Å². The Bertz CT molecular complexity index is 60.0. The number of hydrogen-bond donors (Lipinski definition) is 1. The quantitative estimate of drug-likeness (QED) is 0.367. The van der Waals surface area contributed by atoms with Crippen LogP contribution in [-0.4, -0.2) is 4.20 Å². The zero-order chi connectivity index (χ0) is 5.70. The van der Waals surface area contributed by atoms with Gasteiger partial charge in [0.1, 0.15) is 0 Å². The van der Waals surface area contributed by atoms with Crippen molar-refractivity contribution in [3.8, 4) is 0 Å². The summed E-state index contributed by atoms with van der Waals surface area (Å²) < 4.78 is 0.992. The fraction of sp³-hybridized carbons (Fsp3) is 0.750. The van der Waals surface area contributed by atoms with E-state index in [1.165, 1.54) is 10.8 Å². The molecule has 0 amide bonds. The Balaban J connectivity index is 3.00. The molecule has 0 aromatic carbocycles. The first-order chi connectivity index (χ1) is 3.31. The predicted octanol–water partition coefficient (Wildman–Crippen LogP) is 2.69. The lowest BCUT2D eigenvalue weighted by Crippen LogP contribution is -1.79. The summed E-state index contributed by atoms with van der Waals surface area (Å²) in [5, 5.41) is 0. The van der Waals surface area contributed by atoms with Gasteiger partial charge in [0.05, 0.1) is 4.20 Å². The van der Waals surface area contributed by atoms with Crippen molar-refractivity contribution in [1.82, 2.24) is 0 Å². The van der Waals surface area contributed by atoms with Gasteiger partial charge >= 0.3 is 0 Å². The third-order valence-electron chi connectivity index (χ3n) is 0.556. The van der Waals surface area contributed by atoms with Crippen molar-refractivity contribution in [2.45, 2.75) is 19.8 Å². The van der Waals surface area contributed by atoms with Crippen LogP contribution >= 0.6 is 34.7 Å². The van der Waals surface area contributed by atoms with Crippen LogP contribution < -0.4 is 0 Å². The molecule has 0 heterocycles. The lowest BCUT2D eigenvalue weighted by Gasteiger charge is -1.89. The average Bonchev–Trinajstić information content (AvgIpc) is 1.68. The molecule has 0 bridgehead atoms. The van der Waals surface area contributed by atoms with Crippen LogP contribution in [0.25, 0.3) is 0 Å². The van der Waals surface area contributed by atoms with Crippen molar-refractivity contribution < 1.29 is 0 Å². The van der Waals surface area contributed by atoms with Gasteiger partial charge in [-0.25, -0.2) is 0 Å². The van der Waals surface area contributed by atoms with Gasteiger partial charge in [0.25, 0.3) is 0 Å². The number of thiol groups is 1. The predicted molar refractivity (Wildman–Crippen MR) is 44.1 cm³/mol. The van der Waals surface area contributed by atoms with Gasteiger partial charge in [-0.15, -0.1) is 11.7 Å². The highest BCUT2D eigenvalue weighted by molar-refractivity contribution is 8.76. The van der Waals surface area contributed by atoms with Crippen LogP contribution in [0.1, 0.15) is 19.8 Å². The second kappa shape index (κ2) is 4.94. The maximum atomic E-state index is 4.84. The summed E-state index contributed by atoms with van der Waals surface area (Å²) in [4.78, 5) is 0. The first-order valence-electron chi connectivity index (χ1n) is 2.15. The van der Waals surface area contributed by atoms with Crippen LogP contribution in [0.15, 0.2) is 0 Å². The molecular formula is C4H8S3. The Labute approximate surface area is 58.9 Å². The lowest BCUT2D eigenvalue weighted by molar-refractivity contribution is 1.01. The van der Waals surface area contributed by atoms with Crippen LogP contribution in [0.5, 0.6) is 0 Å². The summed E-state index contributed by atoms with van der Waals surface area (Å²) in [6.07, 6.45) is 2.15. The molecule has 3 heteroatoms.